The van der Waals surface area contributed by atoms with Gasteiger partial charge in [-0.1, -0.05) is 19.9 Å². The molecule has 0 radical (unpaired) electrons. The molecule has 35 heavy (non-hydrogen) atoms. The van der Waals surface area contributed by atoms with Crippen molar-refractivity contribution < 1.29 is 80.7 Å². The first-order valence-corrected chi connectivity index (χ1v) is 10.5. The standard InChI is InChI=1S/C16H18F10O8S/c1-3-4-7-32-11(28)13(15(22,23)24,34-10(27)9(2)14(19,20)21)33-8-5-6-12(17,18)16(25,26)35(29,30)31/h2-8H2,1H3,(H,29,30,31)/p-1. The highest BCUT2D eigenvalue weighted by atomic mass is 32.2. The summed E-state index contributed by atoms with van der Waals surface area (Å²) < 4.78 is 175. The van der Waals surface area contributed by atoms with E-state index in [0.717, 1.165) is 0 Å². The number of hydrogen-bond acceptors (Lipinski definition) is 8. The van der Waals surface area contributed by atoms with Crippen LogP contribution in [0.15, 0.2) is 12.2 Å². The Kier molecular flexibility index (Phi) is 10.6. The molecular formula is C16H17F10O8S-. The van der Waals surface area contributed by atoms with Gasteiger partial charge in [-0.2, -0.15) is 43.9 Å². The lowest BCUT2D eigenvalue weighted by Crippen LogP contribution is -2.58. The summed E-state index contributed by atoms with van der Waals surface area (Å²) in [4.78, 5) is 23.6. The minimum atomic E-state index is -6.93. The molecule has 0 saturated heterocycles. The van der Waals surface area contributed by atoms with E-state index in [9.17, 15) is 66.5 Å². The summed E-state index contributed by atoms with van der Waals surface area (Å²) in [5, 5.41) is -6.20. The Labute approximate surface area is 190 Å². The van der Waals surface area contributed by atoms with Gasteiger partial charge in [0.25, 0.3) is 0 Å². The number of halogens is 10. The molecule has 0 amide bonds. The molecule has 0 aromatic carbocycles. The first-order chi connectivity index (χ1) is 15.5. The molecule has 0 aliphatic heterocycles. The minimum absolute atomic E-state index is 0.0894. The third-order valence-electron chi connectivity index (χ3n) is 3.88. The molecule has 8 nitrogen and oxygen atoms in total. The van der Waals surface area contributed by atoms with E-state index >= 15 is 0 Å². The zero-order chi connectivity index (χ0) is 28.1. The van der Waals surface area contributed by atoms with Gasteiger partial charge in [-0.25, -0.2) is 18.0 Å². The molecule has 0 spiro atoms. The van der Waals surface area contributed by atoms with Gasteiger partial charge in [0.2, 0.25) is 0 Å². The molecular weight excluding hydrogens is 542 g/mol. The van der Waals surface area contributed by atoms with Crippen LogP contribution in [-0.4, -0.2) is 67.4 Å². The zero-order valence-electron chi connectivity index (χ0n) is 17.4. The zero-order valence-corrected chi connectivity index (χ0v) is 18.2. The molecule has 0 N–H and O–H groups in total. The van der Waals surface area contributed by atoms with E-state index in [-0.39, 0.29) is 12.8 Å². The molecule has 206 valence electrons. The predicted octanol–water partition coefficient (Wildman–Crippen LogP) is 3.82. The van der Waals surface area contributed by atoms with E-state index in [1.165, 1.54) is 6.92 Å². The van der Waals surface area contributed by atoms with Crippen molar-refractivity contribution in [2.75, 3.05) is 13.2 Å². The lowest BCUT2D eigenvalue weighted by Gasteiger charge is -2.33. The number of unbranched alkanes of at least 4 members (excludes halogenated alkanes) is 1. The van der Waals surface area contributed by atoms with Crippen molar-refractivity contribution in [1.82, 2.24) is 0 Å². The van der Waals surface area contributed by atoms with E-state index in [4.69, 9.17) is 0 Å². The SMILES string of the molecule is C=C(C(=O)OC(OCCCC(F)(F)C(F)(F)S(=O)(=O)[O-])(C(=O)OCCCC)C(F)(F)F)C(F)(F)F. The van der Waals surface area contributed by atoms with Crippen LogP contribution >= 0.6 is 0 Å². The second-order valence-corrected chi connectivity index (χ2v) is 8.02. The second-order valence-electron chi connectivity index (χ2n) is 6.60. The van der Waals surface area contributed by atoms with Crippen molar-refractivity contribution >= 4 is 22.1 Å². The van der Waals surface area contributed by atoms with E-state index in [2.05, 4.69) is 20.8 Å². The van der Waals surface area contributed by atoms with Crippen molar-refractivity contribution in [3.63, 3.8) is 0 Å². The van der Waals surface area contributed by atoms with Crippen molar-refractivity contribution in [2.24, 2.45) is 0 Å². The van der Waals surface area contributed by atoms with Gasteiger partial charge in [-0.05, 0) is 12.8 Å². The number of alkyl halides is 10. The van der Waals surface area contributed by atoms with E-state index in [1.807, 2.05) is 0 Å². The van der Waals surface area contributed by atoms with E-state index < -0.39 is 83.0 Å². The first kappa shape index (κ1) is 32.8. The predicted molar refractivity (Wildman–Crippen MR) is 90.7 cm³/mol. The molecule has 0 aromatic heterocycles. The van der Waals surface area contributed by atoms with Crippen LogP contribution in [0.4, 0.5) is 43.9 Å². The van der Waals surface area contributed by atoms with Crippen LogP contribution in [0.1, 0.15) is 32.6 Å². The number of carbonyl (C=O) groups excluding carboxylic acids is 2. The fourth-order valence-corrected chi connectivity index (χ4v) is 2.40. The van der Waals surface area contributed by atoms with Gasteiger partial charge in [-0.3, -0.25) is 0 Å². The third-order valence-corrected chi connectivity index (χ3v) is 4.80. The third kappa shape index (κ3) is 7.92. The topological polar surface area (TPSA) is 119 Å². The van der Waals surface area contributed by atoms with Crippen molar-refractivity contribution in [3.8, 4) is 0 Å². The minimum Gasteiger partial charge on any atom is -0.743 e. The maximum absolute atomic E-state index is 13.7. The molecule has 0 bridgehead atoms. The number of carbonyl (C=O) groups is 2. The number of esters is 2. The maximum Gasteiger partial charge on any atom is 0.468 e. The highest BCUT2D eigenvalue weighted by Gasteiger charge is 2.68. The van der Waals surface area contributed by atoms with Crippen molar-refractivity contribution in [1.29, 1.82) is 0 Å². The molecule has 0 aliphatic carbocycles. The normalized spacial score (nSPS) is 15.3. The van der Waals surface area contributed by atoms with Gasteiger partial charge in [0.1, 0.15) is 5.57 Å². The summed E-state index contributed by atoms with van der Waals surface area (Å²) >= 11 is 0. The molecule has 1 unspecified atom stereocenters. The summed E-state index contributed by atoms with van der Waals surface area (Å²) in [5.74, 6) is -16.1. The number of ether oxygens (including phenoxy) is 3. The lowest BCUT2D eigenvalue weighted by molar-refractivity contribution is -0.355. The van der Waals surface area contributed by atoms with Crippen LogP contribution in [0.2, 0.25) is 0 Å². The first-order valence-electron chi connectivity index (χ1n) is 9.06. The van der Waals surface area contributed by atoms with Crippen LogP contribution in [0.3, 0.4) is 0 Å². The van der Waals surface area contributed by atoms with Crippen LogP contribution in [0.25, 0.3) is 0 Å². The van der Waals surface area contributed by atoms with Crippen LogP contribution in [-0.2, 0) is 33.9 Å². The second kappa shape index (κ2) is 11.3. The Morgan fingerprint density at radius 3 is 1.83 bits per heavy atom. The van der Waals surface area contributed by atoms with Crippen molar-refractivity contribution in [2.45, 2.75) is 61.9 Å². The monoisotopic (exact) mass is 559 g/mol. The summed E-state index contributed by atoms with van der Waals surface area (Å²) in [6.07, 6.45) is -15.7. The largest absolute Gasteiger partial charge is 0.743 e. The van der Waals surface area contributed by atoms with E-state index in [1.54, 1.807) is 0 Å². The summed E-state index contributed by atoms with van der Waals surface area (Å²) in [7, 11) is -6.93. The Bertz CT molecular complexity index is 882. The summed E-state index contributed by atoms with van der Waals surface area (Å²) in [6, 6.07) is 0. The molecule has 0 saturated carbocycles. The van der Waals surface area contributed by atoms with Crippen LogP contribution in [0.5, 0.6) is 0 Å². The Morgan fingerprint density at radius 2 is 1.43 bits per heavy atom. The van der Waals surface area contributed by atoms with Gasteiger partial charge in [0.15, 0.2) is 10.1 Å². The van der Waals surface area contributed by atoms with Crippen molar-refractivity contribution in [3.05, 3.63) is 12.2 Å². The van der Waals surface area contributed by atoms with Gasteiger partial charge < -0.3 is 18.8 Å². The highest BCUT2D eigenvalue weighted by Crippen LogP contribution is 2.42. The molecule has 1 atom stereocenters. The quantitative estimate of drug-likeness (QED) is 0.0835. The van der Waals surface area contributed by atoms with Crippen LogP contribution < -0.4 is 0 Å². The average Bonchev–Trinajstić information content (AvgIpc) is 2.66. The Morgan fingerprint density at radius 1 is 0.914 bits per heavy atom. The smallest absolute Gasteiger partial charge is 0.468 e. The Balaban J connectivity index is 5.98. The fraction of sp³-hybridized carbons (Fsp3) is 0.750. The number of hydrogen-bond donors (Lipinski definition) is 0. The molecule has 0 aliphatic rings. The van der Waals surface area contributed by atoms with Gasteiger partial charge in [0.05, 0.1) is 13.2 Å². The average molecular weight is 559 g/mol. The fourth-order valence-electron chi connectivity index (χ4n) is 1.94. The van der Waals surface area contributed by atoms with Crippen LogP contribution in [0, 0.1) is 0 Å². The molecule has 0 rings (SSSR count). The van der Waals surface area contributed by atoms with Gasteiger partial charge >= 0.3 is 41.3 Å². The molecule has 0 aromatic rings. The maximum atomic E-state index is 13.7. The van der Waals surface area contributed by atoms with Gasteiger partial charge in [0, 0.05) is 6.42 Å². The Hall–Kier alpha value is -2.15. The van der Waals surface area contributed by atoms with Gasteiger partial charge in [-0.15, -0.1) is 0 Å². The highest BCUT2D eigenvalue weighted by molar-refractivity contribution is 7.86. The molecule has 0 heterocycles. The summed E-state index contributed by atoms with van der Waals surface area (Å²) in [5.41, 5.74) is -2.54. The molecule has 0 fully saturated rings. The number of rotatable bonds is 13. The molecule has 19 heteroatoms. The summed E-state index contributed by atoms with van der Waals surface area (Å²) in [6.45, 7) is 1.00. The lowest BCUT2D eigenvalue weighted by atomic mass is 10.2. The van der Waals surface area contributed by atoms with E-state index in [0.29, 0.717) is 0 Å².